The second-order valence-corrected chi connectivity index (χ2v) is 6.85. The maximum Gasteiger partial charge on any atom is 0.159 e. The average Bonchev–Trinajstić information content (AvgIpc) is 2.66. The van der Waals surface area contributed by atoms with E-state index in [1.807, 2.05) is 24.3 Å². The van der Waals surface area contributed by atoms with Gasteiger partial charge in [-0.2, -0.15) is 0 Å². The Bertz CT molecular complexity index is 704. The van der Waals surface area contributed by atoms with Crippen molar-refractivity contribution in [2.75, 3.05) is 29.1 Å². The molecule has 0 bridgehead atoms. The molecular weight excluding hydrogens is 326 g/mol. The average molecular weight is 355 g/mol. The van der Waals surface area contributed by atoms with Crippen molar-refractivity contribution < 1.29 is 4.74 Å². The predicted octanol–water partition coefficient (Wildman–Crippen LogP) is 4.36. The Morgan fingerprint density at radius 2 is 2.04 bits per heavy atom. The zero-order valence-electron chi connectivity index (χ0n) is 15.7. The van der Waals surface area contributed by atoms with Gasteiger partial charge in [0.15, 0.2) is 11.6 Å². The van der Waals surface area contributed by atoms with Crippen LogP contribution in [0.25, 0.3) is 0 Å². The third kappa shape index (κ3) is 4.36. The Morgan fingerprint density at radius 1 is 1.23 bits per heavy atom. The van der Waals surface area contributed by atoms with Gasteiger partial charge in [0, 0.05) is 18.3 Å². The van der Waals surface area contributed by atoms with Gasteiger partial charge in [-0.25, -0.2) is 9.97 Å². The maximum atomic E-state index is 6.38. The van der Waals surface area contributed by atoms with Crippen LogP contribution in [0.1, 0.15) is 46.0 Å². The summed E-state index contributed by atoms with van der Waals surface area (Å²) in [6, 6.07) is 8.33. The van der Waals surface area contributed by atoms with E-state index in [9.17, 15) is 0 Å². The van der Waals surface area contributed by atoms with Gasteiger partial charge in [0.2, 0.25) is 0 Å². The van der Waals surface area contributed by atoms with E-state index in [2.05, 4.69) is 34.0 Å². The fourth-order valence-electron chi connectivity index (χ4n) is 3.23. The van der Waals surface area contributed by atoms with Crippen LogP contribution < -0.4 is 20.7 Å². The lowest BCUT2D eigenvalue weighted by Crippen LogP contribution is -2.38. The van der Waals surface area contributed by atoms with Crippen LogP contribution in [0, 0.1) is 0 Å². The highest BCUT2D eigenvalue weighted by Crippen LogP contribution is 2.32. The van der Waals surface area contributed by atoms with E-state index in [1.165, 1.54) is 19.3 Å². The fraction of sp³-hybridized carbons (Fsp3) is 0.500. The zero-order chi connectivity index (χ0) is 18.4. The smallest absolute Gasteiger partial charge is 0.159 e. The molecule has 1 unspecified atom stereocenters. The van der Waals surface area contributed by atoms with Gasteiger partial charge in [-0.15, -0.1) is 0 Å². The van der Waals surface area contributed by atoms with Gasteiger partial charge in [0.05, 0.1) is 6.61 Å². The molecule has 0 spiro atoms. The number of nitrogen functional groups attached to an aromatic ring is 1. The SMILES string of the molecule is CCCCOc1ccc(Nc2ncnc(N3CCCCC3C)c2N)cc1. The number of aromatic nitrogens is 2. The summed E-state index contributed by atoms with van der Waals surface area (Å²) in [5.41, 5.74) is 7.91. The molecular formula is C20H29N5O. The van der Waals surface area contributed by atoms with Crippen LogP contribution in [0.15, 0.2) is 30.6 Å². The molecule has 1 aliphatic heterocycles. The second kappa shape index (κ2) is 8.74. The highest BCUT2D eigenvalue weighted by atomic mass is 16.5. The van der Waals surface area contributed by atoms with Crippen LogP contribution in [-0.2, 0) is 0 Å². The van der Waals surface area contributed by atoms with Crippen molar-refractivity contribution in [3.63, 3.8) is 0 Å². The van der Waals surface area contributed by atoms with Crippen LogP contribution in [0.4, 0.5) is 23.0 Å². The van der Waals surface area contributed by atoms with Crippen molar-refractivity contribution in [2.45, 2.75) is 52.0 Å². The number of nitrogens with zero attached hydrogens (tertiary/aromatic N) is 3. The fourth-order valence-corrected chi connectivity index (χ4v) is 3.23. The molecule has 2 heterocycles. The van der Waals surface area contributed by atoms with Gasteiger partial charge in [-0.3, -0.25) is 0 Å². The predicted molar refractivity (Wildman–Crippen MR) is 107 cm³/mol. The Morgan fingerprint density at radius 3 is 2.77 bits per heavy atom. The topological polar surface area (TPSA) is 76.3 Å². The number of hydrogen-bond donors (Lipinski definition) is 2. The normalized spacial score (nSPS) is 17.2. The van der Waals surface area contributed by atoms with Gasteiger partial charge in [-0.1, -0.05) is 13.3 Å². The summed E-state index contributed by atoms with van der Waals surface area (Å²) in [5, 5.41) is 3.30. The van der Waals surface area contributed by atoms with Gasteiger partial charge in [0.25, 0.3) is 0 Å². The van der Waals surface area contributed by atoms with Crippen molar-refractivity contribution >= 4 is 23.0 Å². The number of nitrogens with two attached hydrogens (primary N) is 1. The summed E-state index contributed by atoms with van der Waals surface area (Å²) in [5.74, 6) is 2.35. The van der Waals surface area contributed by atoms with E-state index >= 15 is 0 Å². The maximum absolute atomic E-state index is 6.38. The number of hydrogen-bond acceptors (Lipinski definition) is 6. The molecule has 6 heteroatoms. The van der Waals surface area contributed by atoms with Crippen LogP contribution >= 0.6 is 0 Å². The molecule has 1 aromatic carbocycles. The molecule has 2 aromatic rings. The molecule has 1 aliphatic rings. The van der Waals surface area contributed by atoms with Crippen LogP contribution in [-0.4, -0.2) is 29.2 Å². The summed E-state index contributed by atoms with van der Waals surface area (Å²) in [7, 11) is 0. The molecule has 0 aliphatic carbocycles. The van der Waals surface area contributed by atoms with E-state index in [1.54, 1.807) is 6.33 Å². The van der Waals surface area contributed by atoms with Gasteiger partial charge >= 0.3 is 0 Å². The lowest BCUT2D eigenvalue weighted by atomic mass is 10.0. The first kappa shape index (κ1) is 18.3. The number of benzene rings is 1. The highest BCUT2D eigenvalue weighted by molar-refractivity contribution is 5.78. The molecule has 3 N–H and O–H groups in total. The first-order chi connectivity index (χ1) is 12.7. The van der Waals surface area contributed by atoms with Crippen LogP contribution in [0.5, 0.6) is 5.75 Å². The van der Waals surface area contributed by atoms with Crippen molar-refractivity contribution in [2.24, 2.45) is 0 Å². The highest BCUT2D eigenvalue weighted by Gasteiger charge is 2.23. The summed E-state index contributed by atoms with van der Waals surface area (Å²) in [6.45, 7) is 6.12. The Labute approximate surface area is 155 Å². The standard InChI is InChI=1S/C20H29N5O/c1-3-4-13-26-17-10-8-16(9-11-17)24-19-18(21)20(23-14-22-19)25-12-6-5-7-15(25)2/h8-11,14-15H,3-7,12-13,21H2,1-2H3,(H,22,23,24). The van der Waals surface area contributed by atoms with E-state index in [0.29, 0.717) is 17.5 Å². The third-order valence-electron chi connectivity index (χ3n) is 4.82. The monoisotopic (exact) mass is 355 g/mol. The number of ether oxygens (including phenoxy) is 1. The summed E-state index contributed by atoms with van der Waals surface area (Å²) in [6.07, 6.45) is 7.39. The molecule has 1 atom stereocenters. The van der Waals surface area contributed by atoms with E-state index in [0.717, 1.165) is 43.2 Å². The van der Waals surface area contributed by atoms with Crippen LogP contribution in [0.2, 0.25) is 0 Å². The Balaban J connectivity index is 1.71. The zero-order valence-corrected chi connectivity index (χ0v) is 15.7. The minimum Gasteiger partial charge on any atom is -0.494 e. The minimum atomic E-state index is 0.452. The first-order valence-electron chi connectivity index (χ1n) is 9.56. The minimum absolute atomic E-state index is 0.452. The second-order valence-electron chi connectivity index (χ2n) is 6.85. The number of piperidine rings is 1. The summed E-state index contributed by atoms with van der Waals surface area (Å²) in [4.78, 5) is 11.1. The molecule has 1 aromatic heterocycles. The first-order valence-corrected chi connectivity index (χ1v) is 9.56. The molecule has 26 heavy (non-hydrogen) atoms. The molecule has 1 saturated heterocycles. The van der Waals surface area contributed by atoms with Crippen molar-refractivity contribution in [3.05, 3.63) is 30.6 Å². The van der Waals surface area contributed by atoms with Crippen molar-refractivity contribution in [3.8, 4) is 5.75 Å². The molecule has 1 fully saturated rings. The lowest BCUT2D eigenvalue weighted by Gasteiger charge is -2.35. The Hall–Kier alpha value is -2.50. The molecule has 6 nitrogen and oxygen atoms in total. The number of nitrogens with one attached hydrogen (secondary N) is 1. The van der Waals surface area contributed by atoms with Gasteiger partial charge < -0.3 is 20.7 Å². The summed E-state index contributed by atoms with van der Waals surface area (Å²) < 4.78 is 5.70. The molecule has 0 amide bonds. The quantitative estimate of drug-likeness (QED) is 0.719. The van der Waals surface area contributed by atoms with Crippen molar-refractivity contribution in [1.29, 1.82) is 0 Å². The number of rotatable bonds is 7. The Kier molecular flexibility index (Phi) is 6.15. The largest absolute Gasteiger partial charge is 0.494 e. The third-order valence-corrected chi connectivity index (χ3v) is 4.82. The molecule has 3 rings (SSSR count). The van der Waals surface area contributed by atoms with E-state index < -0.39 is 0 Å². The van der Waals surface area contributed by atoms with E-state index in [-0.39, 0.29) is 0 Å². The van der Waals surface area contributed by atoms with Crippen LogP contribution in [0.3, 0.4) is 0 Å². The molecule has 140 valence electrons. The summed E-state index contributed by atoms with van der Waals surface area (Å²) >= 11 is 0. The van der Waals surface area contributed by atoms with E-state index in [4.69, 9.17) is 10.5 Å². The molecule has 0 radical (unpaired) electrons. The van der Waals surface area contributed by atoms with Gasteiger partial charge in [-0.05, 0) is 56.9 Å². The molecule has 0 saturated carbocycles. The number of unbranched alkanes of at least 4 members (excludes halogenated alkanes) is 1. The van der Waals surface area contributed by atoms with Crippen molar-refractivity contribution in [1.82, 2.24) is 9.97 Å². The number of anilines is 4. The van der Waals surface area contributed by atoms with Gasteiger partial charge in [0.1, 0.15) is 17.8 Å². The lowest BCUT2D eigenvalue weighted by molar-refractivity contribution is 0.309.